The SMILES string of the molecule is CCOC(=O)C1(CCCn2c(=O)cnc3ccc(OC)cc32)CCN(C(=O)OC(C)(C)C)CC1. The van der Waals surface area contributed by atoms with Crippen LogP contribution in [-0.4, -0.2) is 58.9 Å². The monoisotopic (exact) mass is 473 g/mol. The number of fused-ring (bicyclic) bond motifs is 1. The number of hydrogen-bond acceptors (Lipinski definition) is 7. The maximum atomic E-state index is 13.0. The molecule has 1 aromatic heterocycles. The molecule has 1 fully saturated rings. The van der Waals surface area contributed by atoms with Crippen molar-refractivity contribution in [2.24, 2.45) is 5.41 Å². The van der Waals surface area contributed by atoms with Gasteiger partial charge in [-0.25, -0.2) is 9.78 Å². The van der Waals surface area contributed by atoms with Gasteiger partial charge in [-0.2, -0.15) is 0 Å². The third-order valence-corrected chi connectivity index (χ3v) is 6.17. The van der Waals surface area contributed by atoms with Crippen LogP contribution in [-0.2, 0) is 20.8 Å². The minimum atomic E-state index is -0.696. The molecule has 0 saturated carbocycles. The molecule has 0 N–H and O–H groups in total. The molecular weight excluding hydrogens is 438 g/mol. The smallest absolute Gasteiger partial charge is 0.410 e. The maximum Gasteiger partial charge on any atom is 0.410 e. The number of carbonyl (C=O) groups is 2. The van der Waals surface area contributed by atoms with Crippen molar-refractivity contribution in [1.82, 2.24) is 14.5 Å². The van der Waals surface area contributed by atoms with Gasteiger partial charge in [0.05, 0.1) is 36.4 Å². The molecule has 0 bridgehead atoms. The second kappa shape index (κ2) is 10.4. The Kier molecular flexibility index (Phi) is 7.84. The van der Waals surface area contributed by atoms with E-state index < -0.39 is 11.0 Å². The molecule has 0 spiro atoms. The Balaban J connectivity index is 1.74. The Morgan fingerprint density at radius 1 is 1.18 bits per heavy atom. The average molecular weight is 474 g/mol. The Bertz CT molecular complexity index is 1080. The van der Waals surface area contributed by atoms with Gasteiger partial charge in [0.2, 0.25) is 0 Å². The van der Waals surface area contributed by atoms with E-state index in [1.165, 1.54) is 6.20 Å². The summed E-state index contributed by atoms with van der Waals surface area (Å²) in [6.45, 7) is 8.85. The predicted molar refractivity (Wildman–Crippen MR) is 128 cm³/mol. The summed E-state index contributed by atoms with van der Waals surface area (Å²) >= 11 is 0. The van der Waals surface area contributed by atoms with Crippen molar-refractivity contribution in [1.29, 1.82) is 0 Å². The lowest BCUT2D eigenvalue weighted by atomic mass is 9.74. The number of aryl methyl sites for hydroxylation is 1. The first kappa shape index (κ1) is 25.5. The fourth-order valence-corrected chi connectivity index (χ4v) is 4.36. The molecule has 186 valence electrons. The predicted octanol–water partition coefficient (Wildman–Crippen LogP) is 3.77. The third-order valence-electron chi connectivity index (χ3n) is 6.17. The van der Waals surface area contributed by atoms with E-state index in [1.807, 2.05) is 26.8 Å². The molecule has 9 nitrogen and oxygen atoms in total. The van der Waals surface area contributed by atoms with Gasteiger partial charge in [-0.05, 0) is 65.5 Å². The molecule has 0 unspecified atom stereocenters. The van der Waals surface area contributed by atoms with Gasteiger partial charge in [0, 0.05) is 25.7 Å². The second-order valence-corrected chi connectivity index (χ2v) is 9.67. The van der Waals surface area contributed by atoms with Crippen molar-refractivity contribution in [2.45, 2.75) is 65.5 Å². The van der Waals surface area contributed by atoms with Crippen LogP contribution in [0.25, 0.3) is 11.0 Å². The van der Waals surface area contributed by atoms with Gasteiger partial charge < -0.3 is 23.7 Å². The number of aromatic nitrogens is 2. The number of esters is 1. The number of carbonyl (C=O) groups excluding carboxylic acids is 2. The number of methoxy groups -OCH3 is 1. The summed E-state index contributed by atoms with van der Waals surface area (Å²) in [4.78, 5) is 43.9. The van der Waals surface area contributed by atoms with Crippen molar-refractivity contribution >= 4 is 23.1 Å². The van der Waals surface area contributed by atoms with Crippen LogP contribution >= 0.6 is 0 Å². The topological polar surface area (TPSA) is 100.0 Å². The average Bonchev–Trinajstić information content (AvgIpc) is 2.79. The van der Waals surface area contributed by atoms with E-state index in [-0.39, 0.29) is 17.6 Å². The summed E-state index contributed by atoms with van der Waals surface area (Å²) in [5.41, 5.74) is -0.0806. The van der Waals surface area contributed by atoms with Crippen LogP contribution in [0.2, 0.25) is 0 Å². The Labute approximate surface area is 200 Å². The zero-order valence-corrected chi connectivity index (χ0v) is 20.8. The first-order valence-corrected chi connectivity index (χ1v) is 11.8. The summed E-state index contributed by atoms with van der Waals surface area (Å²) < 4.78 is 17.9. The van der Waals surface area contributed by atoms with Gasteiger partial charge in [-0.3, -0.25) is 9.59 Å². The molecule has 1 amide bonds. The van der Waals surface area contributed by atoms with Crippen LogP contribution in [0.5, 0.6) is 5.75 Å². The summed E-state index contributed by atoms with van der Waals surface area (Å²) in [7, 11) is 1.58. The Hall–Kier alpha value is -3.10. The number of ether oxygens (including phenoxy) is 3. The lowest BCUT2D eigenvalue weighted by Gasteiger charge is -2.40. The molecular formula is C25H35N3O6. The van der Waals surface area contributed by atoms with Crippen LogP contribution < -0.4 is 10.3 Å². The first-order valence-electron chi connectivity index (χ1n) is 11.8. The lowest BCUT2D eigenvalue weighted by molar-refractivity contribution is -0.159. The first-order chi connectivity index (χ1) is 16.1. The molecule has 0 radical (unpaired) electrons. The molecule has 2 aromatic rings. The number of rotatable bonds is 7. The fraction of sp³-hybridized carbons (Fsp3) is 0.600. The number of amides is 1. The van der Waals surface area contributed by atoms with Crippen molar-refractivity contribution in [2.75, 3.05) is 26.8 Å². The number of piperidine rings is 1. The highest BCUT2D eigenvalue weighted by Crippen LogP contribution is 2.38. The van der Waals surface area contributed by atoms with Gasteiger partial charge in [-0.1, -0.05) is 0 Å². The Morgan fingerprint density at radius 2 is 1.88 bits per heavy atom. The standard InChI is InChI=1S/C25H35N3O6/c1-6-33-22(30)25(11-14-27(15-12-25)23(31)34-24(2,3)4)10-7-13-28-20-16-18(32-5)8-9-19(20)26-17-21(28)29/h8-9,16-17H,6-7,10-15H2,1-5H3. The summed E-state index contributed by atoms with van der Waals surface area (Å²) in [6, 6.07) is 5.42. The molecule has 1 aliphatic rings. The third kappa shape index (κ3) is 5.87. The van der Waals surface area contributed by atoms with Crippen molar-refractivity contribution in [3.8, 4) is 5.75 Å². The van der Waals surface area contributed by atoms with E-state index in [0.29, 0.717) is 68.7 Å². The largest absolute Gasteiger partial charge is 0.497 e. The van der Waals surface area contributed by atoms with Crippen LogP contribution in [0.4, 0.5) is 4.79 Å². The molecule has 1 aliphatic heterocycles. The van der Waals surface area contributed by atoms with E-state index in [1.54, 1.807) is 35.6 Å². The van der Waals surface area contributed by atoms with Crippen molar-refractivity contribution in [3.05, 3.63) is 34.7 Å². The zero-order chi connectivity index (χ0) is 24.9. The van der Waals surface area contributed by atoms with Gasteiger partial charge in [-0.15, -0.1) is 0 Å². The molecule has 34 heavy (non-hydrogen) atoms. The summed E-state index contributed by atoms with van der Waals surface area (Å²) in [6.07, 6.45) is 3.08. The van der Waals surface area contributed by atoms with Gasteiger partial charge in [0.25, 0.3) is 5.56 Å². The lowest BCUT2D eigenvalue weighted by Crippen LogP contribution is -2.48. The summed E-state index contributed by atoms with van der Waals surface area (Å²) in [5, 5.41) is 0. The number of likely N-dealkylation sites (tertiary alicyclic amines) is 1. The van der Waals surface area contributed by atoms with E-state index in [9.17, 15) is 14.4 Å². The van der Waals surface area contributed by atoms with Crippen LogP contribution in [0.1, 0.15) is 53.4 Å². The molecule has 1 saturated heterocycles. The van der Waals surface area contributed by atoms with E-state index in [0.717, 1.165) is 0 Å². The minimum absolute atomic E-state index is 0.203. The number of nitrogens with zero attached hydrogens (tertiary/aromatic N) is 3. The van der Waals surface area contributed by atoms with Crippen LogP contribution in [0.3, 0.4) is 0 Å². The Morgan fingerprint density at radius 3 is 2.50 bits per heavy atom. The van der Waals surface area contributed by atoms with Gasteiger partial charge >= 0.3 is 12.1 Å². The van der Waals surface area contributed by atoms with Crippen molar-refractivity contribution in [3.63, 3.8) is 0 Å². The quantitative estimate of drug-likeness (QED) is 0.565. The van der Waals surface area contributed by atoms with Crippen LogP contribution in [0, 0.1) is 5.41 Å². The number of benzene rings is 1. The number of hydrogen-bond donors (Lipinski definition) is 0. The molecule has 0 atom stereocenters. The molecule has 2 heterocycles. The highest BCUT2D eigenvalue weighted by Gasteiger charge is 2.43. The molecule has 1 aromatic carbocycles. The van der Waals surface area contributed by atoms with Crippen molar-refractivity contribution < 1.29 is 23.8 Å². The van der Waals surface area contributed by atoms with E-state index in [4.69, 9.17) is 14.2 Å². The molecule has 0 aliphatic carbocycles. The normalized spacial score (nSPS) is 15.7. The minimum Gasteiger partial charge on any atom is -0.497 e. The van der Waals surface area contributed by atoms with Gasteiger partial charge in [0.15, 0.2) is 0 Å². The van der Waals surface area contributed by atoms with Crippen LogP contribution in [0.15, 0.2) is 29.2 Å². The fourth-order valence-electron chi connectivity index (χ4n) is 4.36. The van der Waals surface area contributed by atoms with E-state index in [2.05, 4.69) is 4.98 Å². The van der Waals surface area contributed by atoms with Gasteiger partial charge in [0.1, 0.15) is 11.4 Å². The zero-order valence-electron chi connectivity index (χ0n) is 20.8. The van der Waals surface area contributed by atoms with E-state index >= 15 is 0 Å². The second-order valence-electron chi connectivity index (χ2n) is 9.67. The molecule has 9 heteroatoms. The maximum absolute atomic E-state index is 13.0. The summed E-state index contributed by atoms with van der Waals surface area (Å²) in [5.74, 6) is 0.401. The highest BCUT2D eigenvalue weighted by molar-refractivity contribution is 5.78. The molecule has 3 rings (SSSR count). The highest BCUT2D eigenvalue weighted by atomic mass is 16.6.